The lowest BCUT2D eigenvalue weighted by atomic mass is 10.3. The molecule has 0 aliphatic heterocycles. The fourth-order valence-corrected chi connectivity index (χ4v) is 3.07. The van der Waals surface area contributed by atoms with Crippen LogP contribution in [0.4, 0.5) is 13.2 Å². The molecule has 0 aliphatic carbocycles. The Hall–Kier alpha value is 0.410. The van der Waals surface area contributed by atoms with E-state index in [1.54, 1.807) is 11.3 Å². The topological polar surface area (TPSA) is 9.23 Å². The first-order chi connectivity index (χ1) is 7.38. The molecular formula is C9H9Br2F3OS. The zero-order valence-electron chi connectivity index (χ0n) is 8.06. The van der Waals surface area contributed by atoms with Crippen molar-refractivity contribution in [3.05, 3.63) is 20.8 Å². The minimum Gasteiger partial charge on any atom is -0.372 e. The Morgan fingerprint density at radius 3 is 2.56 bits per heavy atom. The molecule has 0 radical (unpaired) electrons. The second-order valence-corrected chi connectivity index (χ2v) is 6.67. The maximum atomic E-state index is 11.8. The van der Waals surface area contributed by atoms with Gasteiger partial charge < -0.3 is 4.74 Å². The SMILES string of the molecule is FC(F)(F)COCCC(Br)c1ccc(Br)s1. The maximum absolute atomic E-state index is 11.8. The van der Waals surface area contributed by atoms with E-state index < -0.39 is 12.8 Å². The van der Waals surface area contributed by atoms with Crippen LogP contribution in [0.25, 0.3) is 0 Å². The van der Waals surface area contributed by atoms with E-state index in [4.69, 9.17) is 0 Å². The lowest BCUT2D eigenvalue weighted by molar-refractivity contribution is -0.174. The standard InChI is InChI=1S/C9H9Br2F3OS/c10-6(7-1-2-8(11)16-7)3-4-15-5-9(12,13)14/h1-2,6H,3-5H2. The van der Waals surface area contributed by atoms with E-state index in [2.05, 4.69) is 36.6 Å². The number of rotatable bonds is 5. The van der Waals surface area contributed by atoms with Crippen LogP contribution in [0.1, 0.15) is 16.1 Å². The molecule has 0 aromatic carbocycles. The molecule has 7 heteroatoms. The summed E-state index contributed by atoms with van der Waals surface area (Å²) in [6.45, 7) is -1.09. The molecule has 0 aliphatic rings. The molecule has 0 N–H and O–H groups in total. The van der Waals surface area contributed by atoms with Crippen molar-refractivity contribution >= 4 is 43.2 Å². The summed E-state index contributed by atoms with van der Waals surface area (Å²) in [5, 5.41) is 0. The molecule has 0 fully saturated rings. The molecule has 1 unspecified atom stereocenters. The van der Waals surface area contributed by atoms with Gasteiger partial charge in [0.2, 0.25) is 0 Å². The van der Waals surface area contributed by atoms with Crippen molar-refractivity contribution in [2.24, 2.45) is 0 Å². The summed E-state index contributed by atoms with van der Waals surface area (Å²) in [4.78, 5) is 1.11. The molecule has 0 amide bonds. The first-order valence-corrected chi connectivity index (χ1v) is 6.95. The summed E-state index contributed by atoms with van der Waals surface area (Å²) in [7, 11) is 0. The fraction of sp³-hybridized carbons (Fsp3) is 0.556. The summed E-state index contributed by atoms with van der Waals surface area (Å²) in [5.74, 6) is 0. The molecule has 1 aromatic heterocycles. The molecule has 1 nitrogen and oxygen atoms in total. The number of halogens is 5. The maximum Gasteiger partial charge on any atom is 0.411 e. The van der Waals surface area contributed by atoms with Crippen LogP contribution < -0.4 is 0 Å². The molecule has 0 bridgehead atoms. The van der Waals surface area contributed by atoms with E-state index in [-0.39, 0.29) is 11.4 Å². The van der Waals surface area contributed by atoms with Crippen molar-refractivity contribution < 1.29 is 17.9 Å². The second kappa shape index (κ2) is 6.37. The second-order valence-electron chi connectivity index (χ2n) is 3.07. The van der Waals surface area contributed by atoms with Crippen LogP contribution in [0.3, 0.4) is 0 Å². The van der Waals surface area contributed by atoms with Gasteiger partial charge in [0.15, 0.2) is 0 Å². The van der Waals surface area contributed by atoms with Gasteiger partial charge in [-0.25, -0.2) is 0 Å². The third-order valence-electron chi connectivity index (χ3n) is 1.68. The van der Waals surface area contributed by atoms with Gasteiger partial charge >= 0.3 is 6.18 Å². The minimum atomic E-state index is -4.24. The highest BCUT2D eigenvalue weighted by molar-refractivity contribution is 9.11. The molecule has 1 heterocycles. The van der Waals surface area contributed by atoms with Crippen molar-refractivity contribution in [1.82, 2.24) is 0 Å². The van der Waals surface area contributed by atoms with Crippen LogP contribution >= 0.6 is 43.2 Å². The molecule has 1 atom stereocenters. The summed E-state index contributed by atoms with van der Waals surface area (Å²) in [5.41, 5.74) is 0. The van der Waals surface area contributed by atoms with Crippen LogP contribution in [0, 0.1) is 0 Å². The predicted molar refractivity (Wildman–Crippen MR) is 65.2 cm³/mol. The lowest BCUT2D eigenvalue weighted by Gasteiger charge is -2.10. The van der Waals surface area contributed by atoms with Crippen molar-refractivity contribution in [3.63, 3.8) is 0 Å². The Morgan fingerprint density at radius 1 is 1.38 bits per heavy atom. The normalized spacial score (nSPS) is 14.1. The molecule has 1 aromatic rings. The molecule has 0 saturated carbocycles. The summed E-state index contributed by atoms with van der Waals surface area (Å²) in [6.07, 6.45) is -3.73. The third kappa shape index (κ3) is 5.65. The smallest absolute Gasteiger partial charge is 0.372 e. The van der Waals surface area contributed by atoms with Crippen LogP contribution in [0.15, 0.2) is 15.9 Å². The van der Waals surface area contributed by atoms with Gasteiger partial charge in [0.25, 0.3) is 0 Å². The first kappa shape index (κ1) is 14.5. The molecule has 92 valence electrons. The van der Waals surface area contributed by atoms with Crippen LogP contribution in [-0.4, -0.2) is 19.4 Å². The van der Waals surface area contributed by atoms with E-state index >= 15 is 0 Å². The van der Waals surface area contributed by atoms with E-state index in [1.807, 2.05) is 12.1 Å². The summed E-state index contributed by atoms with van der Waals surface area (Å²) in [6, 6.07) is 3.84. The minimum absolute atomic E-state index is 0.0389. The van der Waals surface area contributed by atoms with Gasteiger partial charge in [-0.2, -0.15) is 13.2 Å². The highest BCUT2D eigenvalue weighted by Gasteiger charge is 2.27. The Labute approximate surface area is 112 Å². The van der Waals surface area contributed by atoms with Gasteiger partial charge in [0, 0.05) is 11.5 Å². The van der Waals surface area contributed by atoms with Gasteiger partial charge in [-0.15, -0.1) is 11.3 Å². The van der Waals surface area contributed by atoms with E-state index in [9.17, 15) is 13.2 Å². The van der Waals surface area contributed by atoms with Crippen molar-refractivity contribution in [2.45, 2.75) is 17.4 Å². The quantitative estimate of drug-likeness (QED) is 0.519. The molecule has 0 spiro atoms. The van der Waals surface area contributed by atoms with E-state index in [0.29, 0.717) is 6.42 Å². The number of alkyl halides is 4. The zero-order valence-corrected chi connectivity index (χ0v) is 12.0. The van der Waals surface area contributed by atoms with Crippen molar-refractivity contribution in [3.8, 4) is 0 Å². The molecule has 1 rings (SSSR count). The third-order valence-corrected chi connectivity index (χ3v) is 4.68. The van der Waals surface area contributed by atoms with Gasteiger partial charge in [-0.1, -0.05) is 15.9 Å². The van der Waals surface area contributed by atoms with E-state index in [0.717, 1.165) is 8.66 Å². The summed E-state index contributed by atoms with van der Waals surface area (Å²) < 4.78 is 40.8. The monoisotopic (exact) mass is 380 g/mol. The number of ether oxygens (including phenoxy) is 1. The Morgan fingerprint density at radius 2 is 2.06 bits per heavy atom. The molecule has 0 saturated heterocycles. The first-order valence-electron chi connectivity index (χ1n) is 4.42. The largest absolute Gasteiger partial charge is 0.411 e. The Bertz CT molecular complexity index is 327. The van der Waals surface area contributed by atoms with Crippen molar-refractivity contribution in [2.75, 3.05) is 13.2 Å². The summed E-state index contributed by atoms with van der Waals surface area (Å²) >= 11 is 8.29. The lowest BCUT2D eigenvalue weighted by Crippen LogP contribution is -2.17. The Kier molecular flexibility index (Phi) is 5.76. The van der Waals surface area contributed by atoms with Gasteiger partial charge in [-0.05, 0) is 34.5 Å². The van der Waals surface area contributed by atoms with Crippen LogP contribution in [0.2, 0.25) is 0 Å². The Balaban J connectivity index is 2.23. The van der Waals surface area contributed by atoms with Gasteiger partial charge in [0.1, 0.15) is 6.61 Å². The molecular weight excluding hydrogens is 373 g/mol. The predicted octanol–water partition coefficient (Wildman–Crippen LogP) is 4.92. The van der Waals surface area contributed by atoms with Crippen LogP contribution in [0.5, 0.6) is 0 Å². The number of hydrogen-bond donors (Lipinski definition) is 0. The van der Waals surface area contributed by atoms with Gasteiger partial charge in [0.05, 0.1) is 8.61 Å². The zero-order chi connectivity index (χ0) is 12.2. The highest BCUT2D eigenvalue weighted by atomic mass is 79.9. The number of thiophene rings is 1. The average Bonchev–Trinajstić information content (AvgIpc) is 2.57. The highest BCUT2D eigenvalue weighted by Crippen LogP contribution is 2.34. The van der Waals surface area contributed by atoms with Gasteiger partial charge in [-0.3, -0.25) is 0 Å². The fourth-order valence-electron chi connectivity index (χ4n) is 1.01. The molecule has 16 heavy (non-hydrogen) atoms. The van der Waals surface area contributed by atoms with E-state index in [1.165, 1.54) is 0 Å². The average molecular weight is 382 g/mol. The van der Waals surface area contributed by atoms with Crippen LogP contribution in [-0.2, 0) is 4.74 Å². The van der Waals surface area contributed by atoms with Crippen molar-refractivity contribution in [1.29, 1.82) is 0 Å². The number of hydrogen-bond acceptors (Lipinski definition) is 2.